The minimum absolute atomic E-state index is 0.0653. The van der Waals surface area contributed by atoms with Crippen molar-refractivity contribution in [2.45, 2.75) is 58.5 Å². The highest BCUT2D eigenvalue weighted by molar-refractivity contribution is 7.89. The summed E-state index contributed by atoms with van der Waals surface area (Å²) in [5, 5.41) is 0. The van der Waals surface area contributed by atoms with Gasteiger partial charge in [-0.25, -0.2) is 8.42 Å². The molecule has 0 unspecified atom stereocenters. The van der Waals surface area contributed by atoms with Gasteiger partial charge in [0.15, 0.2) is 0 Å². The molecule has 0 atom stereocenters. The van der Waals surface area contributed by atoms with Crippen LogP contribution in [0.5, 0.6) is 5.75 Å². The molecule has 174 valence electrons. The van der Waals surface area contributed by atoms with Gasteiger partial charge in [-0.2, -0.15) is 4.31 Å². The van der Waals surface area contributed by atoms with Crippen LogP contribution in [0.2, 0.25) is 0 Å². The van der Waals surface area contributed by atoms with E-state index in [2.05, 4.69) is 0 Å². The largest absolute Gasteiger partial charge is 0.490 e. The highest BCUT2D eigenvalue weighted by Gasteiger charge is 2.28. The first kappa shape index (κ1) is 24.3. The van der Waals surface area contributed by atoms with Gasteiger partial charge in [-0.1, -0.05) is 38.1 Å². The predicted octanol–water partition coefficient (Wildman–Crippen LogP) is 4.33. The van der Waals surface area contributed by atoms with E-state index in [4.69, 9.17) is 4.74 Å². The Hall–Kier alpha value is -2.38. The lowest BCUT2D eigenvalue weighted by Gasteiger charge is -2.33. The number of likely N-dealkylation sites (tertiary alicyclic amines) is 1. The number of piperidine rings is 1. The second-order valence-corrected chi connectivity index (χ2v) is 10.3. The van der Waals surface area contributed by atoms with Crippen molar-refractivity contribution in [1.82, 2.24) is 9.21 Å². The van der Waals surface area contributed by atoms with E-state index in [-0.39, 0.29) is 16.9 Å². The topological polar surface area (TPSA) is 66.9 Å². The molecule has 0 aliphatic carbocycles. The van der Waals surface area contributed by atoms with E-state index in [1.165, 1.54) is 10.4 Å². The van der Waals surface area contributed by atoms with Crippen molar-refractivity contribution in [3.8, 4) is 5.75 Å². The van der Waals surface area contributed by atoms with Crippen LogP contribution in [-0.4, -0.2) is 55.8 Å². The third kappa shape index (κ3) is 4.99. The van der Waals surface area contributed by atoms with Gasteiger partial charge in [0.25, 0.3) is 5.91 Å². The van der Waals surface area contributed by atoms with Gasteiger partial charge in [0.1, 0.15) is 11.9 Å². The Balaban J connectivity index is 1.72. The molecule has 0 N–H and O–H groups in total. The lowest BCUT2D eigenvalue weighted by atomic mass is 10.0. The van der Waals surface area contributed by atoms with Crippen LogP contribution in [0.15, 0.2) is 41.3 Å². The van der Waals surface area contributed by atoms with Crippen LogP contribution in [0.25, 0.3) is 0 Å². The fourth-order valence-electron chi connectivity index (χ4n) is 4.22. The fourth-order valence-corrected chi connectivity index (χ4v) is 5.93. The summed E-state index contributed by atoms with van der Waals surface area (Å²) >= 11 is 0. The number of hydrogen-bond acceptors (Lipinski definition) is 4. The van der Waals surface area contributed by atoms with Crippen molar-refractivity contribution in [2.75, 3.05) is 26.2 Å². The van der Waals surface area contributed by atoms with Crippen LogP contribution in [-0.2, 0) is 10.0 Å². The average molecular weight is 459 g/mol. The number of nitrogens with zero attached hydrogens (tertiary/aromatic N) is 2. The molecule has 32 heavy (non-hydrogen) atoms. The highest BCUT2D eigenvalue weighted by atomic mass is 32.2. The fraction of sp³-hybridized carbons (Fsp3) is 0.480. The van der Waals surface area contributed by atoms with Crippen LogP contribution < -0.4 is 4.74 Å². The number of hydrogen-bond donors (Lipinski definition) is 0. The molecule has 1 heterocycles. The molecule has 0 radical (unpaired) electrons. The molecular weight excluding hydrogens is 424 g/mol. The summed E-state index contributed by atoms with van der Waals surface area (Å²) in [5.74, 6) is 0.800. The molecule has 3 rings (SSSR count). The monoisotopic (exact) mass is 458 g/mol. The van der Waals surface area contributed by atoms with E-state index < -0.39 is 10.0 Å². The summed E-state index contributed by atoms with van der Waals surface area (Å²) in [6, 6.07) is 11.1. The van der Waals surface area contributed by atoms with Crippen molar-refractivity contribution >= 4 is 15.9 Å². The molecule has 1 aliphatic heterocycles. The maximum atomic E-state index is 13.1. The summed E-state index contributed by atoms with van der Waals surface area (Å²) < 4.78 is 33.7. The quantitative estimate of drug-likeness (QED) is 0.620. The second-order valence-electron chi connectivity index (χ2n) is 8.40. The number of carbonyl (C=O) groups is 1. The molecule has 0 saturated carbocycles. The first-order chi connectivity index (χ1) is 15.2. The summed E-state index contributed by atoms with van der Waals surface area (Å²) in [7, 11) is -3.63. The Morgan fingerprint density at radius 2 is 1.59 bits per heavy atom. The molecule has 0 spiro atoms. The predicted molar refractivity (Wildman–Crippen MR) is 127 cm³/mol. The Morgan fingerprint density at radius 1 is 1.00 bits per heavy atom. The SMILES string of the molecule is CCN(CC)S(=O)(=O)c1cc(C(=O)N2CCC(Oc3c(C)cccc3C)CC2)ccc1C. The zero-order valence-electron chi connectivity index (χ0n) is 19.7. The molecule has 1 fully saturated rings. The van der Waals surface area contributed by atoms with E-state index in [9.17, 15) is 13.2 Å². The molecule has 1 amide bonds. The first-order valence-electron chi connectivity index (χ1n) is 11.3. The zero-order chi connectivity index (χ0) is 23.5. The summed E-state index contributed by atoms with van der Waals surface area (Å²) in [6.07, 6.45) is 1.56. The van der Waals surface area contributed by atoms with Gasteiger partial charge in [-0.15, -0.1) is 0 Å². The van der Waals surface area contributed by atoms with Crippen LogP contribution >= 0.6 is 0 Å². The van der Waals surface area contributed by atoms with Gasteiger partial charge in [-0.3, -0.25) is 4.79 Å². The van der Waals surface area contributed by atoms with Crippen molar-refractivity contribution in [3.63, 3.8) is 0 Å². The van der Waals surface area contributed by atoms with Crippen molar-refractivity contribution < 1.29 is 17.9 Å². The van der Waals surface area contributed by atoms with Gasteiger partial charge < -0.3 is 9.64 Å². The van der Waals surface area contributed by atoms with Crippen LogP contribution in [0.4, 0.5) is 0 Å². The number of carbonyl (C=O) groups excluding carboxylic acids is 1. The standard InChI is InChI=1S/C25H34N2O4S/c1-6-27(7-2)32(29,30)23-17-21(12-11-18(23)3)25(28)26-15-13-22(14-16-26)31-24-19(4)9-8-10-20(24)5/h8-12,17,22H,6-7,13-16H2,1-5H3. The molecule has 0 aromatic heterocycles. The first-order valence-corrected chi connectivity index (χ1v) is 12.8. The Kier molecular flexibility index (Phi) is 7.62. The highest BCUT2D eigenvalue weighted by Crippen LogP contribution is 2.27. The Labute approximate surface area is 192 Å². The van der Waals surface area contributed by atoms with Crippen molar-refractivity contribution in [3.05, 3.63) is 58.7 Å². The number of aryl methyl sites for hydroxylation is 3. The van der Waals surface area contributed by atoms with E-state index in [0.717, 1.165) is 29.7 Å². The summed E-state index contributed by atoms with van der Waals surface area (Å²) in [6.45, 7) is 11.4. The minimum Gasteiger partial charge on any atom is -0.490 e. The molecule has 2 aromatic carbocycles. The molecule has 7 heteroatoms. The number of sulfonamides is 1. The van der Waals surface area contributed by atoms with Gasteiger partial charge >= 0.3 is 0 Å². The zero-order valence-corrected chi connectivity index (χ0v) is 20.5. The lowest BCUT2D eigenvalue weighted by Crippen LogP contribution is -2.42. The number of benzene rings is 2. The number of rotatable bonds is 7. The van der Waals surface area contributed by atoms with E-state index in [0.29, 0.717) is 37.3 Å². The van der Waals surface area contributed by atoms with Gasteiger partial charge in [0.2, 0.25) is 10.0 Å². The third-order valence-electron chi connectivity index (χ3n) is 6.18. The van der Waals surface area contributed by atoms with Crippen molar-refractivity contribution in [1.29, 1.82) is 0 Å². The van der Waals surface area contributed by atoms with Crippen LogP contribution in [0.3, 0.4) is 0 Å². The van der Waals surface area contributed by atoms with E-state index in [1.807, 2.05) is 45.9 Å². The lowest BCUT2D eigenvalue weighted by molar-refractivity contribution is 0.0593. The average Bonchev–Trinajstić information content (AvgIpc) is 2.77. The second kappa shape index (κ2) is 10.0. The normalized spacial score (nSPS) is 15.2. The van der Waals surface area contributed by atoms with Crippen molar-refractivity contribution in [2.24, 2.45) is 0 Å². The number of amides is 1. The Bertz CT molecular complexity index is 1050. The molecule has 0 bridgehead atoms. The number of para-hydroxylation sites is 1. The number of ether oxygens (including phenoxy) is 1. The van der Waals surface area contributed by atoms with E-state index >= 15 is 0 Å². The van der Waals surface area contributed by atoms with Gasteiger partial charge in [0, 0.05) is 44.6 Å². The minimum atomic E-state index is -3.63. The van der Waals surface area contributed by atoms with Crippen LogP contribution in [0, 0.1) is 20.8 Å². The third-order valence-corrected chi connectivity index (χ3v) is 8.37. The molecule has 2 aromatic rings. The molecule has 1 saturated heterocycles. The van der Waals surface area contributed by atoms with Gasteiger partial charge in [-0.05, 0) is 49.6 Å². The summed E-state index contributed by atoms with van der Waals surface area (Å²) in [4.78, 5) is 15.2. The maximum Gasteiger partial charge on any atom is 0.253 e. The molecule has 6 nitrogen and oxygen atoms in total. The maximum absolute atomic E-state index is 13.1. The summed E-state index contributed by atoms with van der Waals surface area (Å²) in [5.41, 5.74) is 3.29. The molecular formula is C25H34N2O4S. The van der Waals surface area contributed by atoms with Gasteiger partial charge in [0.05, 0.1) is 4.90 Å². The Morgan fingerprint density at radius 3 is 2.16 bits per heavy atom. The van der Waals surface area contributed by atoms with Crippen LogP contribution in [0.1, 0.15) is 53.7 Å². The smallest absolute Gasteiger partial charge is 0.253 e. The molecule has 1 aliphatic rings. The van der Waals surface area contributed by atoms with E-state index in [1.54, 1.807) is 24.0 Å².